The van der Waals surface area contributed by atoms with Crippen LogP contribution in [-0.4, -0.2) is 41.2 Å². The SMILES string of the molecule is CC(C)(C)OC(=O)CCCC(=O)NCc1ccc2c3c(cccc13)C(=O)N2C1CCC(=O)NC1=O. The molecule has 1 atom stereocenters. The smallest absolute Gasteiger partial charge is 0.306 e. The van der Waals surface area contributed by atoms with E-state index in [2.05, 4.69) is 10.6 Å². The molecule has 1 unspecified atom stereocenters. The van der Waals surface area contributed by atoms with Crippen LogP contribution < -0.4 is 15.5 Å². The standard InChI is InChI=1S/C26H29N3O6/c1-26(2,3)35-22(32)9-5-8-20(30)27-14-15-10-11-18-23-16(15)6-4-7-17(23)25(34)29(18)19-12-13-21(31)28-24(19)33/h4,6-7,10-11,19H,5,8-9,12-14H2,1-3H3,(H,27,30)(H,28,31,33). The number of rotatable bonds is 7. The van der Waals surface area contributed by atoms with Crippen molar-refractivity contribution >= 4 is 46.1 Å². The fraction of sp³-hybridized carbons (Fsp3) is 0.423. The molecule has 2 heterocycles. The Hall–Kier alpha value is -3.75. The van der Waals surface area contributed by atoms with E-state index in [9.17, 15) is 24.0 Å². The van der Waals surface area contributed by atoms with E-state index in [1.165, 1.54) is 4.90 Å². The van der Waals surface area contributed by atoms with Crippen LogP contribution in [0.3, 0.4) is 0 Å². The van der Waals surface area contributed by atoms with Crippen LogP contribution in [0.2, 0.25) is 0 Å². The van der Waals surface area contributed by atoms with Crippen molar-refractivity contribution in [2.75, 3.05) is 4.90 Å². The van der Waals surface area contributed by atoms with E-state index >= 15 is 0 Å². The average molecular weight is 480 g/mol. The van der Waals surface area contributed by atoms with Crippen molar-refractivity contribution in [1.82, 2.24) is 10.6 Å². The number of ether oxygens (including phenoxy) is 1. The minimum atomic E-state index is -0.744. The maximum Gasteiger partial charge on any atom is 0.306 e. The Kier molecular flexibility index (Phi) is 6.60. The number of esters is 1. The van der Waals surface area contributed by atoms with Crippen molar-refractivity contribution in [3.63, 3.8) is 0 Å². The topological polar surface area (TPSA) is 122 Å². The quantitative estimate of drug-likeness (QED) is 0.465. The van der Waals surface area contributed by atoms with Gasteiger partial charge < -0.3 is 10.1 Å². The van der Waals surface area contributed by atoms with Gasteiger partial charge in [-0.1, -0.05) is 18.2 Å². The summed E-state index contributed by atoms with van der Waals surface area (Å²) in [7, 11) is 0. The van der Waals surface area contributed by atoms with E-state index in [1.807, 2.05) is 12.1 Å². The van der Waals surface area contributed by atoms with Crippen LogP contribution in [0.1, 0.15) is 68.8 Å². The maximum atomic E-state index is 13.2. The number of nitrogens with zero attached hydrogens (tertiary/aromatic N) is 1. The van der Waals surface area contributed by atoms with E-state index in [0.29, 0.717) is 17.7 Å². The van der Waals surface area contributed by atoms with Gasteiger partial charge >= 0.3 is 5.97 Å². The monoisotopic (exact) mass is 479 g/mol. The second kappa shape index (κ2) is 9.48. The molecule has 2 aliphatic rings. The number of hydrogen-bond acceptors (Lipinski definition) is 6. The molecule has 4 amide bonds. The molecule has 35 heavy (non-hydrogen) atoms. The summed E-state index contributed by atoms with van der Waals surface area (Å²) in [6.07, 6.45) is 1.21. The van der Waals surface area contributed by atoms with Crippen molar-refractivity contribution in [2.45, 2.75) is 71.1 Å². The number of hydrogen-bond donors (Lipinski definition) is 2. The number of anilines is 1. The first-order valence-corrected chi connectivity index (χ1v) is 11.8. The molecule has 2 aromatic rings. The Morgan fingerprint density at radius 1 is 1.11 bits per heavy atom. The Balaban J connectivity index is 1.44. The summed E-state index contributed by atoms with van der Waals surface area (Å²) in [5, 5.41) is 6.75. The highest BCUT2D eigenvalue weighted by Crippen LogP contribution is 2.41. The molecule has 0 bridgehead atoms. The predicted octanol–water partition coefficient (Wildman–Crippen LogP) is 2.73. The molecule has 2 aromatic carbocycles. The molecule has 0 spiro atoms. The Morgan fingerprint density at radius 3 is 2.60 bits per heavy atom. The highest BCUT2D eigenvalue weighted by Gasteiger charge is 2.40. The summed E-state index contributed by atoms with van der Waals surface area (Å²) < 4.78 is 5.25. The number of benzene rings is 2. The Morgan fingerprint density at radius 2 is 1.89 bits per heavy atom. The lowest BCUT2D eigenvalue weighted by molar-refractivity contribution is -0.155. The van der Waals surface area contributed by atoms with Crippen LogP contribution in [0, 0.1) is 0 Å². The summed E-state index contributed by atoms with van der Waals surface area (Å²) >= 11 is 0. The minimum Gasteiger partial charge on any atom is -0.460 e. The number of nitrogens with one attached hydrogen (secondary N) is 2. The maximum absolute atomic E-state index is 13.2. The Labute approximate surface area is 203 Å². The van der Waals surface area contributed by atoms with Crippen LogP contribution in [0.15, 0.2) is 30.3 Å². The summed E-state index contributed by atoms with van der Waals surface area (Å²) in [6.45, 7) is 5.66. The molecule has 1 fully saturated rings. The van der Waals surface area contributed by atoms with E-state index in [4.69, 9.17) is 4.74 Å². The van der Waals surface area contributed by atoms with Crippen LogP contribution in [0.4, 0.5) is 5.69 Å². The van der Waals surface area contributed by atoms with Gasteiger partial charge in [0.25, 0.3) is 5.91 Å². The fourth-order valence-electron chi connectivity index (χ4n) is 4.53. The van der Waals surface area contributed by atoms with E-state index in [1.54, 1.807) is 39.0 Å². The first-order chi connectivity index (χ1) is 16.5. The van der Waals surface area contributed by atoms with Gasteiger partial charge in [-0.3, -0.25) is 34.2 Å². The number of carbonyl (C=O) groups is 5. The van der Waals surface area contributed by atoms with Gasteiger partial charge in [0, 0.05) is 36.8 Å². The molecule has 0 aliphatic carbocycles. The van der Waals surface area contributed by atoms with E-state index in [-0.39, 0.29) is 55.9 Å². The van der Waals surface area contributed by atoms with Crippen molar-refractivity contribution in [3.8, 4) is 0 Å². The van der Waals surface area contributed by atoms with Crippen LogP contribution in [-0.2, 0) is 30.5 Å². The van der Waals surface area contributed by atoms with Crippen molar-refractivity contribution in [1.29, 1.82) is 0 Å². The van der Waals surface area contributed by atoms with Gasteiger partial charge in [0.1, 0.15) is 11.6 Å². The molecule has 0 saturated carbocycles. The van der Waals surface area contributed by atoms with Crippen LogP contribution in [0.5, 0.6) is 0 Å². The Bertz CT molecular complexity index is 1230. The highest BCUT2D eigenvalue weighted by atomic mass is 16.6. The first-order valence-electron chi connectivity index (χ1n) is 11.8. The third kappa shape index (κ3) is 5.18. The van der Waals surface area contributed by atoms with Gasteiger partial charge in [0.05, 0.1) is 5.69 Å². The zero-order valence-corrected chi connectivity index (χ0v) is 20.1. The molecule has 184 valence electrons. The summed E-state index contributed by atoms with van der Waals surface area (Å²) in [5.74, 6) is -1.60. The summed E-state index contributed by atoms with van der Waals surface area (Å²) in [6, 6.07) is 8.25. The van der Waals surface area contributed by atoms with Crippen LogP contribution in [0.25, 0.3) is 10.8 Å². The molecule has 9 nitrogen and oxygen atoms in total. The lowest BCUT2D eigenvalue weighted by Gasteiger charge is -2.30. The molecule has 0 radical (unpaired) electrons. The highest BCUT2D eigenvalue weighted by molar-refractivity contribution is 6.27. The van der Waals surface area contributed by atoms with Gasteiger partial charge in [-0.15, -0.1) is 0 Å². The molecule has 0 aromatic heterocycles. The average Bonchev–Trinajstić information content (AvgIpc) is 3.05. The predicted molar refractivity (Wildman–Crippen MR) is 128 cm³/mol. The second-order valence-corrected chi connectivity index (χ2v) is 9.83. The minimum absolute atomic E-state index is 0.171. The molecule has 2 N–H and O–H groups in total. The third-order valence-electron chi connectivity index (χ3n) is 6.02. The molecule has 2 aliphatic heterocycles. The van der Waals surface area contributed by atoms with Gasteiger partial charge in [-0.05, 0) is 56.7 Å². The number of amides is 4. The molecular weight excluding hydrogens is 450 g/mol. The molecule has 1 saturated heterocycles. The van der Waals surface area contributed by atoms with Gasteiger partial charge in [-0.25, -0.2) is 0 Å². The van der Waals surface area contributed by atoms with Gasteiger partial charge in [0.15, 0.2) is 0 Å². The molecular formula is C26H29N3O6. The van der Waals surface area contributed by atoms with Crippen molar-refractivity contribution in [3.05, 3.63) is 41.5 Å². The van der Waals surface area contributed by atoms with Gasteiger partial charge in [0.2, 0.25) is 17.7 Å². The van der Waals surface area contributed by atoms with E-state index in [0.717, 1.165) is 16.3 Å². The normalized spacial score (nSPS) is 17.5. The first kappa shape index (κ1) is 24.4. The van der Waals surface area contributed by atoms with Gasteiger partial charge in [-0.2, -0.15) is 0 Å². The molecule has 4 rings (SSSR count). The zero-order valence-electron chi connectivity index (χ0n) is 20.1. The zero-order chi connectivity index (χ0) is 25.3. The lowest BCUT2D eigenvalue weighted by Crippen LogP contribution is -2.53. The summed E-state index contributed by atoms with van der Waals surface area (Å²) in [5.41, 5.74) is 1.41. The lowest BCUT2D eigenvalue weighted by atomic mass is 10.00. The largest absolute Gasteiger partial charge is 0.460 e. The van der Waals surface area contributed by atoms with Crippen molar-refractivity contribution in [2.24, 2.45) is 0 Å². The van der Waals surface area contributed by atoms with E-state index < -0.39 is 17.6 Å². The number of piperidine rings is 1. The number of imide groups is 1. The summed E-state index contributed by atoms with van der Waals surface area (Å²) in [4.78, 5) is 62.8. The van der Waals surface area contributed by atoms with Crippen molar-refractivity contribution < 1.29 is 28.7 Å². The number of carbonyl (C=O) groups excluding carboxylic acids is 5. The third-order valence-corrected chi connectivity index (χ3v) is 6.02. The van der Waals surface area contributed by atoms with Crippen LogP contribution >= 0.6 is 0 Å². The second-order valence-electron chi connectivity index (χ2n) is 9.83. The fourth-order valence-corrected chi connectivity index (χ4v) is 4.53. The molecule has 9 heteroatoms.